The van der Waals surface area contributed by atoms with Crippen LogP contribution in [0.25, 0.3) is 86.2 Å². The monoisotopic (exact) mass is 840 g/mol. The van der Waals surface area contributed by atoms with Crippen molar-refractivity contribution in [2.45, 2.75) is 11.3 Å². The molecule has 0 bridgehead atoms. The molecule has 1 atom stereocenters. The summed E-state index contributed by atoms with van der Waals surface area (Å²) >= 11 is 1.93. The quantitative estimate of drug-likeness (QED) is 0.151. The second kappa shape index (κ2) is 14.1. The Labute approximate surface area is 382 Å². The van der Waals surface area contributed by atoms with Gasteiger partial charge < -0.3 is 0 Å². The van der Waals surface area contributed by atoms with Crippen LogP contribution in [-0.2, 0) is 5.41 Å². The van der Waals surface area contributed by atoms with E-state index in [1.54, 1.807) is 0 Å². The molecule has 1 heterocycles. The van der Waals surface area contributed by atoms with Crippen molar-refractivity contribution in [3.8, 4) is 44.5 Å². The number of benzene rings is 11. The van der Waals surface area contributed by atoms with Crippen molar-refractivity contribution in [3.63, 3.8) is 0 Å². The highest BCUT2D eigenvalue weighted by atomic mass is 32.1. The molecule has 2 aliphatic carbocycles. The molecular weight excluding hydrogens is 801 g/mol. The SMILES string of the molecule is c1ccc2c(c1)-c1ccccc1C21c2ccccc2-c2c(C(c3ccc(-c4cc5ccccc5cc4-c4ccc5ccccc5c4)cc3)c3cccc4c3sc3ccccc34)cccc21. The third-order valence-corrected chi connectivity index (χ3v) is 15.8. The highest BCUT2D eigenvalue weighted by Gasteiger charge is 2.52. The summed E-state index contributed by atoms with van der Waals surface area (Å²) in [5.41, 5.74) is 19.3. The molecule has 0 nitrogen and oxygen atoms in total. The Morgan fingerprint density at radius 1 is 0.323 bits per heavy atom. The van der Waals surface area contributed by atoms with Gasteiger partial charge in [-0.1, -0.05) is 212 Å². The molecule has 302 valence electrons. The average molecular weight is 841 g/mol. The van der Waals surface area contributed by atoms with E-state index in [4.69, 9.17) is 0 Å². The first-order valence-corrected chi connectivity index (χ1v) is 23.5. The molecule has 0 radical (unpaired) electrons. The van der Waals surface area contributed by atoms with E-state index in [2.05, 4.69) is 237 Å². The maximum atomic E-state index is 2.42. The molecule has 11 aromatic carbocycles. The Bertz CT molecular complexity index is 3860. The minimum Gasteiger partial charge on any atom is -0.135 e. The smallest absolute Gasteiger partial charge is 0.0725 e. The van der Waals surface area contributed by atoms with Crippen LogP contribution in [-0.4, -0.2) is 0 Å². The number of hydrogen-bond acceptors (Lipinski definition) is 1. The average Bonchev–Trinajstić information content (AvgIpc) is 4.01. The van der Waals surface area contributed by atoms with Crippen LogP contribution >= 0.6 is 11.3 Å². The third kappa shape index (κ3) is 5.25. The first kappa shape index (κ1) is 36.6. The number of rotatable bonds is 5. The standard InChI is InChI=1S/C64H40S/c1-2-16-43-37-46(36-31-40(43)15-1)55-39-45-18-4-3-17-44(45)38-54(55)41-32-34-42(35-33-41)61(53-25-13-23-50-49-21-8-12-30-60(49)65-63(50)53)52-24-14-29-59-62(52)51-22-7-11-28-58(51)64(59)56-26-9-5-19-47(56)48-20-6-10-27-57(48)64/h1-39,61H. The Balaban J connectivity index is 1.01. The molecule has 1 aromatic heterocycles. The molecule has 1 heteroatoms. The Hall–Kier alpha value is -7.84. The van der Waals surface area contributed by atoms with E-state index in [0.29, 0.717) is 0 Å². The van der Waals surface area contributed by atoms with Gasteiger partial charge in [-0.25, -0.2) is 0 Å². The molecular formula is C64H40S. The van der Waals surface area contributed by atoms with Gasteiger partial charge in [-0.15, -0.1) is 11.3 Å². The maximum Gasteiger partial charge on any atom is 0.0725 e. The van der Waals surface area contributed by atoms with Crippen molar-refractivity contribution in [1.82, 2.24) is 0 Å². The van der Waals surface area contributed by atoms with Crippen molar-refractivity contribution in [3.05, 3.63) is 276 Å². The lowest BCUT2D eigenvalue weighted by Gasteiger charge is -2.31. The van der Waals surface area contributed by atoms with Gasteiger partial charge in [0.1, 0.15) is 0 Å². The van der Waals surface area contributed by atoms with Gasteiger partial charge in [0, 0.05) is 26.1 Å². The van der Waals surface area contributed by atoms with Gasteiger partial charge in [-0.3, -0.25) is 0 Å². The van der Waals surface area contributed by atoms with Crippen LogP contribution in [0.2, 0.25) is 0 Å². The fraction of sp³-hybridized carbons (Fsp3) is 0.0312. The van der Waals surface area contributed by atoms with Gasteiger partial charge >= 0.3 is 0 Å². The van der Waals surface area contributed by atoms with Crippen LogP contribution < -0.4 is 0 Å². The van der Waals surface area contributed by atoms with Crippen molar-refractivity contribution >= 4 is 53.1 Å². The number of thiophene rings is 1. The summed E-state index contributed by atoms with van der Waals surface area (Å²) in [5.74, 6) is -0.0394. The van der Waals surface area contributed by atoms with Crippen LogP contribution in [0.4, 0.5) is 0 Å². The van der Waals surface area contributed by atoms with Crippen LogP contribution in [0.3, 0.4) is 0 Å². The predicted molar refractivity (Wildman–Crippen MR) is 275 cm³/mol. The third-order valence-electron chi connectivity index (χ3n) is 14.6. The Morgan fingerprint density at radius 3 is 1.55 bits per heavy atom. The minimum atomic E-state index is -0.414. The van der Waals surface area contributed by atoms with Crippen molar-refractivity contribution in [2.75, 3.05) is 0 Å². The van der Waals surface area contributed by atoms with Crippen LogP contribution in [0.15, 0.2) is 237 Å². The number of hydrogen-bond donors (Lipinski definition) is 0. The molecule has 0 saturated heterocycles. The summed E-state index contributed by atoms with van der Waals surface area (Å²) in [4.78, 5) is 0. The van der Waals surface area contributed by atoms with Gasteiger partial charge in [-0.05, 0) is 129 Å². The van der Waals surface area contributed by atoms with E-state index in [1.807, 2.05) is 11.3 Å². The van der Waals surface area contributed by atoms with Crippen molar-refractivity contribution in [2.24, 2.45) is 0 Å². The van der Waals surface area contributed by atoms with Crippen LogP contribution in [0.1, 0.15) is 44.9 Å². The van der Waals surface area contributed by atoms with Gasteiger partial charge in [0.05, 0.1) is 5.41 Å². The van der Waals surface area contributed by atoms with Gasteiger partial charge in [-0.2, -0.15) is 0 Å². The second-order valence-electron chi connectivity index (χ2n) is 17.8. The molecule has 65 heavy (non-hydrogen) atoms. The zero-order chi connectivity index (χ0) is 42.6. The fourth-order valence-electron chi connectivity index (χ4n) is 11.9. The lowest BCUT2D eigenvalue weighted by molar-refractivity contribution is 0.792. The van der Waals surface area contributed by atoms with Gasteiger partial charge in [0.25, 0.3) is 0 Å². The van der Waals surface area contributed by atoms with E-state index < -0.39 is 5.41 Å². The summed E-state index contributed by atoms with van der Waals surface area (Å²) in [7, 11) is 0. The summed E-state index contributed by atoms with van der Waals surface area (Å²) in [6, 6.07) is 89.3. The largest absolute Gasteiger partial charge is 0.135 e. The highest BCUT2D eigenvalue weighted by molar-refractivity contribution is 7.26. The molecule has 0 amide bonds. The van der Waals surface area contributed by atoms with E-state index >= 15 is 0 Å². The molecule has 14 rings (SSSR count). The lowest BCUT2D eigenvalue weighted by Crippen LogP contribution is -2.25. The first-order valence-electron chi connectivity index (χ1n) is 22.7. The zero-order valence-corrected chi connectivity index (χ0v) is 36.3. The van der Waals surface area contributed by atoms with Gasteiger partial charge in [0.2, 0.25) is 0 Å². The Morgan fingerprint density at radius 2 is 0.831 bits per heavy atom. The second-order valence-corrected chi connectivity index (χ2v) is 18.9. The maximum absolute atomic E-state index is 2.42. The van der Waals surface area contributed by atoms with Crippen LogP contribution in [0, 0.1) is 0 Å². The first-order chi connectivity index (χ1) is 32.2. The normalized spacial score (nSPS) is 13.6. The van der Waals surface area contributed by atoms with E-state index in [0.717, 1.165) is 0 Å². The fourth-order valence-corrected chi connectivity index (χ4v) is 13.1. The minimum absolute atomic E-state index is 0.0394. The van der Waals surface area contributed by atoms with Crippen LogP contribution in [0.5, 0.6) is 0 Å². The van der Waals surface area contributed by atoms with E-state index in [9.17, 15) is 0 Å². The topological polar surface area (TPSA) is 0 Å². The van der Waals surface area contributed by atoms with E-state index in [-0.39, 0.29) is 5.92 Å². The predicted octanol–water partition coefficient (Wildman–Crippen LogP) is 17.2. The van der Waals surface area contributed by atoms with Crippen molar-refractivity contribution in [1.29, 1.82) is 0 Å². The molecule has 12 aromatic rings. The van der Waals surface area contributed by atoms with Crippen molar-refractivity contribution < 1.29 is 0 Å². The van der Waals surface area contributed by atoms with E-state index in [1.165, 1.54) is 125 Å². The molecule has 0 N–H and O–H groups in total. The lowest BCUT2D eigenvalue weighted by atomic mass is 9.70. The molecule has 1 spiro atoms. The molecule has 2 aliphatic rings. The molecule has 0 fully saturated rings. The summed E-state index contributed by atoms with van der Waals surface area (Å²) in [6.45, 7) is 0. The highest BCUT2D eigenvalue weighted by Crippen LogP contribution is 2.64. The molecule has 0 aliphatic heterocycles. The zero-order valence-electron chi connectivity index (χ0n) is 35.5. The molecule has 0 saturated carbocycles. The summed E-state index contributed by atoms with van der Waals surface area (Å²) < 4.78 is 2.68. The summed E-state index contributed by atoms with van der Waals surface area (Å²) in [5, 5.41) is 7.64. The van der Waals surface area contributed by atoms with Gasteiger partial charge in [0.15, 0.2) is 0 Å². The Kier molecular flexibility index (Phi) is 7.93. The number of fused-ring (bicyclic) bond motifs is 15. The molecule has 1 unspecified atom stereocenters. The summed E-state index contributed by atoms with van der Waals surface area (Å²) in [6.07, 6.45) is 0.